The lowest BCUT2D eigenvalue weighted by atomic mass is 10.1. The molecule has 0 spiro atoms. The molecular weight excluding hydrogens is 212 g/mol. The Hall–Kier alpha value is -0.830. The van der Waals surface area contributed by atoms with E-state index in [0.717, 1.165) is 49.9 Å². The van der Waals surface area contributed by atoms with Crippen LogP contribution in [0.15, 0.2) is 10.6 Å². The molecule has 1 N–H and O–H groups in total. The molecule has 1 aromatic rings. The SMILES string of the molecule is CC(C)CNCCCc1ncc(CC(C)C)o1. The van der Waals surface area contributed by atoms with Crippen LogP contribution in [0.25, 0.3) is 0 Å². The molecule has 98 valence electrons. The van der Waals surface area contributed by atoms with Crippen molar-refractivity contribution in [3.8, 4) is 0 Å². The molecule has 0 aliphatic heterocycles. The maximum Gasteiger partial charge on any atom is 0.194 e. The predicted molar refractivity (Wildman–Crippen MR) is 71.1 cm³/mol. The number of aromatic nitrogens is 1. The summed E-state index contributed by atoms with van der Waals surface area (Å²) in [5, 5.41) is 3.42. The second kappa shape index (κ2) is 7.49. The first-order chi connectivity index (χ1) is 8.08. The van der Waals surface area contributed by atoms with Crippen LogP contribution in [0.3, 0.4) is 0 Å². The van der Waals surface area contributed by atoms with Gasteiger partial charge in [0.25, 0.3) is 0 Å². The Morgan fingerprint density at radius 3 is 2.65 bits per heavy atom. The molecule has 0 atom stereocenters. The van der Waals surface area contributed by atoms with Gasteiger partial charge >= 0.3 is 0 Å². The highest BCUT2D eigenvalue weighted by atomic mass is 16.4. The smallest absolute Gasteiger partial charge is 0.194 e. The molecule has 0 bridgehead atoms. The molecule has 1 rings (SSSR count). The van der Waals surface area contributed by atoms with Crippen LogP contribution in [-0.4, -0.2) is 18.1 Å². The summed E-state index contributed by atoms with van der Waals surface area (Å²) in [6, 6.07) is 0. The summed E-state index contributed by atoms with van der Waals surface area (Å²) in [6.45, 7) is 11.0. The van der Waals surface area contributed by atoms with Crippen molar-refractivity contribution in [3.63, 3.8) is 0 Å². The fourth-order valence-electron chi connectivity index (χ4n) is 1.72. The lowest BCUT2D eigenvalue weighted by Gasteiger charge is -2.05. The van der Waals surface area contributed by atoms with E-state index in [0.29, 0.717) is 5.92 Å². The zero-order valence-electron chi connectivity index (χ0n) is 11.6. The van der Waals surface area contributed by atoms with E-state index in [4.69, 9.17) is 4.42 Å². The van der Waals surface area contributed by atoms with E-state index < -0.39 is 0 Å². The van der Waals surface area contributed by atoms with Gasteiger partial charge in [0.05, 0.1) is 6.20 Å². The fraction of sp³-hybridized carbons (Fsp3) is 0.786. The fourth-order valence-corrected chi connectivity index (χ4v) is 1.72. The molecule has 3 nitrogen and oxygen atoms in total. The van der Waals surface area contributed by atoms with E-state index in [2.05, 4.69) is 38.0 Å². The monoisotopic (exact) mass is 238 g/mol. The van der Waals surface area contributed by atoms with Crippen molar-refractivity contribution in [2.24, 2.45) is 11.8 Å². The van der Waals surface area contributed by atoms with Crippen LogP contribution < -0.4 is 5.32 Å². The van der Waals surface area contributed by atoms with Crippen molar-refractivity contribution in [2.45, 2.75) is 47.0 Å². The highest BCUT2D eigenvalue weighted by Gasteiger charge is 2.05. The van der Waals surface area contributed by atoms with Crippen molar-refractivity contribution < 1.29 is 4.42 Å². The molecule has 3 heteroatoms. The number of oxazole rings is 1. The minimum atomic E-state index is 0.628. The van der Waals surface area contributed by atoms with Gasteiger partial charge in [-0.15, -0.1) is 0 Å². The molecule has 0 aromatic carbocycles. The van der Waals surface area contributed by atoms with Crippen molar-refractivity contribution in [1.82, 2.24) is 10.3 Å². The Labute approximate surface area is 105 Å². The summed E-state index contributed by atoms with van der Waals surface area (Å²) in [5.41, 5.74) is 0. The molecule has 0 saturated carbocycles. The average Bonchev–Trinajstić information content (AvgIpc) is 2.63. The quantitative estimate of drug-likeness (QED) is 0.707. The van der Waals surface area contributed by atoms with Crippen molar-refractivity contribution >= 4 is 0 Å². The summed E-state index contributed by atoms with van der Waals surface area (Å²) in [4.78, 5) is 4.31. The maximum absolute atomic E-state index is 5.68. The van der Waals surface area contributed by atoms with Crippen LogP contribution in [0.1, 0.15) is 45.8 Å². The van der Waals surface area contributed by atoms with Gasteiger partial charge in [0.15, 0.2) is 5.89 Å². The molecular formula is C14H26N2O. The van der Waals surface area contributed by atoms with Gasteiger partial charge in [0.1, 0.15) is 5.76 Å². The van der Waals surface area contributed by atoms with Crippen LogP contribution in [-0.2, 0) is 12.8 Å². The van der Waals surface area contributed by atoms with Gasteiger partial charge in [-0.2, -0.15) is 0 Å². The Morgan fingerprint density at radius 2 is 2.00 bits per heavy atom. The first-order valence-electron chi connectivity index (χ1n) is 6.72. The van der Waals surface area contributed by atoms with Gasteiger partial charge in [-0.3, -0.25) is 0 Å². The Balaban J connectivity index is 2.16. The topological polar surface area (TPSA) is 38.1 Å². The summed E-state index contributed by atoms with van der Waals surface area (Å²) in [7, 11) is 0. The van der Waals surface area contributed by atoms with E-state index in [9.17, 15) is 0 Å². The van der Waals surface area contributed by atoms with E-state index in [1.165, 1.54) is 0 Å². The lowest BCUT2D eigenvalue weighted by Crippen LogP contribution is -2.21. The van der Waals surface area contributed by atoms with Crippen LogP contribution in [0.2, 0.25) is 0 Å². The molecule has 0 amide bonds. The largest absolute Gasteiger partial charge is 0.446 e. The number of hydrogen-bond acceptors (Lipinski definition) is 3. The van der Waals surface area contributed by atoms with Crippen molar-refractivity contribution in [1.29, 1.82) is 0 Å². The Kier molecular flexibility index (Phi) is 6.27. The number of aryl methyl sites for hydroxylation is 1. The van der Waals surface area contributed by atoms with Gasteiger partial charge < -0.3 is 9.73 Å². The first-order valence-corrected chi connectivity index (χ1v) is 6.72. The Morgan fingerprint density at radius 1 is 1.24 bits per heavy atom. The van der Waals surface area contributed by atoms with Gasteiger partial charge in [-0.05, 0) is 31.3 Å². The summed E-state index contributed by atoms with van der Waals surface area (Å²) < 4.78 is 5.68. The average molecular weight is 238 g/mol. The van der Waals surface area contributed by atoms with Crippen LogP contribution in [0.4, 0.5) is 0 Å². The van der Waals surface area contributed by atoms with Crippen LogP contribution >= 0.6 is 0 Å². The van der Waals surface area contributed by atoms with E-state index in [-0.39, 0.29) is 0 Å². The molecule has 0 unspecified atom stereocenters. The lowest BCUT2D eigenvalue weighted by molar-refractivity contribution is 0.424. The number of hydrogen-bond donors (Lipinski definition) is 1. The third kappa shape index (κ3) is 6.47. The zero-order valence-corrected chi connectivity index (χ0v) is 11.6. The standard InChI is InChI=1S/C14H26N2O/c1-11(2)8-13-10-16-14(17-13)6-5-7-15-9-12(3)4/h10-12,15H,5-9H2,1-4H3. The molecule has 17 heavy (non-hydrogen) atoms. The van der Waals surface area contributed by atoms with Crippen LogP contribution in [0.5, 0.6) is 0 Å². The molecule has 0 radical (unpaired) electrons. The normalized spacial score (nSPS) is 11.6. The Bertz CT molecular complexity index is 305. The molecule has 1 heterocycles. The number of nitrogens with zero attached hydrogens (tertiary/aromatic N) is 1. The first kappa shape index (κ1) is 14.2. The summed E-state index contributed by atoms with van der Waals surface area (Å²) in [5.74, 6) is 3.25. The number of rotatable bonds is 8. The van der Waals surface area contributed by atoms with Gasteiger partial charge in [-0.1, -0.05) is 27.7 Å². The van der Waals surface area contributed by atoms with E-state index in [1.807, 2.05) is 6.20 Å². The molecule has 0 saturated heterocycles. The zero-order chi connectivity index (χ0) is 12.7. The third-order valence-electron chi connectivity index (χ3n) is 2.51. The minimum absolute atomic E-state index is 0.628. The molecule has 0 aliphatic carbocycles. The third-order valence-corrected chi connectivity index (χ3v) is 2.51. The van der Waals surface area contributed by atoms with Gasteiger partial charge in [0.2, 0.25) is 0 Å². The second-order valence-corrected chi connectivity index (χ2v) is 5.52. The molecule has 1 aromatic heterocycles. The molecule has 0 aliphatic rings. The van der Waals surface area contributed by atoms with E-state index >= 15 is 0 Å². The number of nitrogens with one attached hydrogen (secondary N) is 1. The maximum atomic E-state index is 5.68. The highest BCUT2D eigenvalue weighted by Crippen LogP contribution is 2.10. The van der Waals surface area contributed by atoms with Gasteiger partial charge in [0, 0.05) is 12.8 Å². The second-order valence-electron chi connectivity index (χ2n) is 5.52. The molecule has 0 fully saturated rings. The van der Waals surface area contributed by atoms with Crippen LogP contribution in [0, 0.1) is 11.8 Å². The predicted octanol–water partition coefficient (Wildman–Crippen LogP) is 3.05. The van der Waals surface area contributed by atoms with Crippen molar-refractivity contribution in [3.05, 3.63) is 17.8 Å². The van der Waals surface area contributed by atoms with Gasteiger partial charge in [-0.25, -0.2) is 4.98 Å². The minimum Gasteiger partial charge on any atom is -0.446 e. The summed E-state index contributed by atoms with van der Waals surface area (Å²) in [6.07, 6.45) is 4.88. The summed E-state index contributed by atoms with van der Waals surface area (Å²) >= 11 is 0. The van der Waals surface area contributed by atoms with E-state index in [1.54, 1.807) is 0 Å². The highest BCUT2D eigenvalue weighted by molar-refractivity contribution is 4.95. The van der Waals surface area contributed by atoms with Crippen molar-refractivity contribution in [2.75, 3.05) is 13.1 Å².